The zero-order chi connectivity index (χ0) is 12.8. The molecule has 0 saturated carbocycles. The van der Waals surface area contributed by atoms with E-state index in [1.807, 2.05) is 0 Å². The molecule has 0 aliphatic rings. The molecular weight excluding hydrogens is 217 g/mol. The van der Waals surface area contributed by atoms with Gasteiger partial charge in [0, 0.05) is 12.1 Å². The number of carbonyl (C=O) groups is 1. The highest BCUT2D eigenvalue weighted by Gasteiger charge is 2.11. The van der Waals surface area contributed by atoms with Gasteiger partial charge in [-0.15, -0.1) is 0 Å². The monoisotopic (exact) mass is 235 g/mol. The van der Waals surface area contributed by atoms with Gasteiger partial charge in [0.25, 0.3) is 0 Å². The van der Waals surface area contributed by atoms with Crippen LogP contribution in [0.2, 0.25) is 0 Å². The predicted octanol–water partition coefficient (Wildman–Crippen LogP) is 0.741. The number of benzene rings is 1. The average molecular weight is 235 g/mol. The van der Waals surface area contributed by atoms with E-state index in [-0.39, 0.29) is 5.91 Å². The van der Waals surface area contributed by atoms with Crippen LogP contribution >= 0.6 is 0 Å². The van der Waals surface area contributed by atoms with Crippen LogP contribution in [-0.4, -0.2) is 23.1 Å². The molecule has 0 spiro atoms. The van der Waals surface area contributed by atoms with Crippen molar-refractivity contribution in [2.75, 3.05) is 5.32 Å². The van der Waals surface area contributed by atoms with Gasteiger partial charge in [-0.25, -0.2) is 0 Å². The Morgan fingerprint density at radius 3 is 2.71 bits per heavy atom. The minimum Gasteiger partial charge on any atom is -0.423 e. The minimum atomic E-state index is -1.51. The molecule has 0 aliphatic heterocycles. The van der Waals surface area contributed by atoms with Gasteiger partial charge in [0.1, 0.15) is 0 Å². The van der Waals surface area contributed by atoms with Gasteiger partial charge in [0.15, 0.2) is 0 Å². The first-order valence-electron chi connectivity index (χ1n) is 5.75. The number of carbonyl (C=O) groups excluding carboxylic acids is 1. The smallest absolute Gasteiger partial charge is 0.423 e. The molecule has 1 amide bonds. The van der Waals surface area contributed by atoms with E-state index in [0.29, 0.717) is 23.5 Å². The van der Waals surface area contributed by atoms with Crippen LogP contribution in [-0.2, 0) is 4.79 Å². The van der Waals surface area contributed by atoms with Crippen LogP contribution in [0.3, 0.4) is 0 Å². The highest BCUT2D eigenvalue weighted by molar-refractivity contribution is 6.58. The van der Waals surface area contributed by atoms with Crippen LogP contribution in [0, 0.1) is 5.92 Å². The zero-order valence-electron chi connectivity index (χ0n) is 10.2. The van der Waals surface area contributed by atoms with E-state index in [9.17, 15) is 4.79 Å². The summed E-state index contributed by atoms with van der Waals surface area (Å²) in [5, 5.41) is 20.7. The molecule has 0 radical (unpaired) electrons. The fraction of sp³-hybridized carbons (Fsp3) is 0.417. The van der Waals surface area contributed by atoms with E-state index in [1.54, 1.807) is 24.3 Å². The number of amides is 1. The van der Waals surface area contributed by atoms with Crippen molar-refractivity contribution in [1.82, 2.24) is 0 Å². The van der Waals surface area contributed by atoms with Crippen molar-refractivity contribution in [3.05, 3.63) is 24.3 Å². The number of nitrogens with one attached hydrogen (secondary N) is 1. The molecule has 0 atom stereocenters. The maximum atomic E-state index is 11.6. The second kappa shape index (κ2) is 6.42. The maximum Gasteiger partial charge on any atom is 0.488 e. The van der Waals surface area contributed by atoms with Crippen LogP contribution < -0.4 is 10.8 Å². The first kappa shape index (κ1) is 13.7. The van der Waals surface area contributed by atoms with Crippen molar-refractivity contribution in [2.24, 2.45) is 5.92 Å². The lowest BCUT2D eigenvalue weighted by Crippen LogP contribution is -2.30. The lowest BCUT2D eigenvalue weighted by atomic mass is 9.80. The van der Waals surface area contributed by atoms with Crippen molar-refractivity contribution < 1.29 is 14.8 Å². The van der Waals surface area contributed by atoms with Gasteiger partial charge in [-0.3, -0.25) is 4.79 Å². The largest absolute Gasteiger partial charge is 0.488 e. The first-order valence-corrected chi connectivity index (χ1v) is 5.75. The molecule has 0 heterocycles. The second-order valence-electron chi connectivity index (χ2n) is 4.48. The molecule has 1 aromatic rings. The molecule has 0 aromatic heterocycles. The van der Waals surface area contributed by atoms with Gasteiger partial charge >= 0.3 is 7.12 Å². The highest BCUT2D eigenvalue weighted by Crippen LogP contribution is 2.08. The van der Waals surface area contributed by atoms with Gasteiger partial charge in [-0.1, -0.05) is 26.0 Å². The number of hydrogen-bond acceptors (Lipinski definition) is 3. The molecule has 0 fully saturated rings. The van der Waals surface area contributed by atoms with Crippen molar-refractivity contribution >= 4 is 24.2 Å². The van der Waals surface area contributed by atoms with Crippen molar-refractivity contribution in [1.29, 1.82) is 0 Å². The molecule has 3 N–H and O–H groups in total. The summed E-state index contributed by atoms with van der Waals surface area (Å²) in [5.74, 6) is 0.439. The molecule has 0 aliphatic carbocycles. The Balaban J connectivity index is 2.56. The summed E-state index contributed by atoms with van der Waals surface area (Å²) < 4.78 is 0. The Hall–Kier alpha value is -1.33. The summed E-state index contributed by atoms with van der Waals surface area (Å²) in [4.78, 5) is 11.6. The van der Waals surface area contributed by atoms with Crippen molar-refractivity contribution in [2.45, 2.75) is 26.7 Å². The predicted molar refractivity (Wildman–Crippen MR) is 69.0 cm³/mol. The summed E-state index contributed by atoms with van der Waals surface area (Å²) >= 11 is 0. The molecular formula is C12H18BNO3. The Morgan fingerprint density at radius 1 is 1.41 bits per heavy atom. The number of hydrogen-bond donors (Lipinski definition) is 3. The summed E-state index contributed by atoms with van der Waals surface area (Å²) in [7, 11) is -1.51. The molecule has 17 heavy (non-hydrogen) atoms. The summed E-state index contributed by atoms with van der Waals surface area (Å²) in [5.41, 5.74) is 0.955. The van der Waals surface area contributed by atoms with Crippen molar-refractivity contribution in [3.8, 4) is 0 Å². The molecule has 1 aromatic carbocycles. The molecule has 92 valence electrons. The lowest BCUT2D eigenvalue weighted by Gasteiger charge is -2.08. The van der Waals surface area contributed by atoms with Crippen LogP contribution in [0.1, 0.15) is 26.7 Å². The van der Waals surface area contributed by atoms with Crippen LogP contribution in [0.15, 0.2) is 24.3 Å². The van der Waals surface area contributed by atoms with E-state index >= 15 is 0 Å². The van der Waals surface area contributed by atoms with Gasteiger partial charge in [0.05, 0.1) is 0 Å². The van der Waals surface area contributed by atoms with E-state index in [1.165, 1.54) is 0 Å². The third kappa shape index (κ3) is 5.02. The van der Waals surface area contributed by atoms with Gasteiger partial charge in [-0.05, 0) is 29.9 Å². The summed E-state index contributed by atoms with van der Waals surface area (Å²) in [6.07, 6.45) is 1.32. The molecule has 0 bridgehead atoms. The second-order valence-corrected chi connectivity index (χ2v) is 4.48. The molecule has 1 rings (SSSR count). The highest BCUT2D eigenvalue weighted by atomic mass is 16.4. The minimum absolute atomic E-state index is 0.0525. The Bertz CT molecular complexity index is 380. The van der Waals surface area contributed by atoms with E-state index < -0.39 is 7.12 Å². The van der Waals surface area contributed by atoms with E-state index in [4.69, 9.17) is 10.0 Å². The molecule has 0 saturated heterocycles. The lowest BCUT2D eigenvalue weighted by molar-refractivity contribution is -0.116. The topological polar surface area (TPSA) is 69.6 Å². The Kier molecular flexibility index (Phi) is 5.19. The van der Waals surface area contributed by atoms with Gasteiger partial charge in [-0.2, -0.15) is 0 Å². The van der Waals surface area contributed by atoms with Crippen LogP contribution in [0.5, 0.6) is 0 Å². The molecule has 5 heteroatoms. The fourth-order valence-corrected chi connectivity index (χ4v) is 1.42. The average Bonchev–Trinajstić information content (AvgIpc) is 2.26. The molecule has 4 nitrogen and oxygen atoms in total. The van der Waals surface area contributed by atoms with Crippen LogP contribution in [0.4, 0.5) is 5.69 Å². The van der Waals surface area contributed by atoms with Crippen LogP contribution in [0.25, 0.3) is 0 Å². The molecule has 0 unspecified atom stereocenters. The van der Waals surface area contributed by atoms with E-state index in [2.05, 4.69) is 19.2 Å². The summed E-state index contributed by atoms with van der Waals surface area (Å²) in [6.45, 7) is 4.13. The quantitative estimate of drug-likeness (QED) is 0.659. The Labute approximate surface area is 102 Å². The first-order chi connectivity index (χ1) is 7.99. The Morgan fingerprint density at radius 2 is 2.12 bits per heavy atom. The third-order valence-electron chi connectivity index (χ3n) is 2.42. The number of anilines is 1. The maximum absolute atomic E-state index is 11.6. The number of rotatable bonds is 5. The van der Waals surface area contributed by atoms with Crippen molar-refractivity contribution in [3.63, 3.8) is 0 Å². The standard InChI is InChI=1S/C12H18BNO3/c1-9(2)6-7-12(15)14-11-5-3-4-10(8-11)13(16)17/h3-5,8-9,16-17H,6-7H2,1-2H3,(H,14,15). The van der Waals surface area contributed by atoms with Gasteiger partial charge < -0.3 is 15.4 Å². The third-order valence-corrected chi connectivity index (χ3v) is 2.42. The SMILES string of the molecule is CC(C)CCC(=O)Nc1cccc(B(O)O)c1. The fourth-order valence-electron chi connectivity index (χ4n) is 1.42. The zero-order valence-corrected chi connectivity index (χ0v) is 10.2. The van der Waals surface area contributed by atoms with E-state index in [0.717, 1.165) is 6.42 Å². The normalized spacial score (nSPS) is 10.4. The summed E-state index contributed by atoms with van der Waals surface area (Å²) in [6, 6.07) is 6.54. The van der Waals surface area contributed by atoms with Gasteiger partial charge in [0.2, 0.25) is 5.91 Å².